The van der Waals surface area contributed by atoms with Gasteiger partial charge in [0.2, 0.25) is 5.91 Å². The van der Waals surface area contributed by atoms with Gasteiger partial charge in [-0.1, -0.05) is 13.8 Å². The van der Waals surface area contributed by atoms with Crippen LogP contribution < -0.4 is 5.73 Å². The molecule has 6 heteroatoms. The topological polar surface area (TPSA) is 49.6 Å². The van der Waals surface area contributed by atoms with E-state index in [2.05, 4.69) is 18.7 Å². The van der Waals surface area contributed by atoms with Gasteiger partial charge in [0, 0.05) is 19.6 Å². The summed E-state index contributed by atoms with van der Waals surface area (Å²) in [4.78, 5) is 16.1. The van der Waals surface area contributed by atoms with Crippen molar-refractivity contribution in [3.8, 4) is 0 Å². The van der Waals surface area contributed by atoms with Crippen LogP contribution in [-0.4, -0.2) is 54.5 Å². The van der Waals surface area contributed by atoms with E-state index < -0.39 is 0 Å². The van der Waals surface area contributed by atoms with E-state index in [-0.39, 0.29) is 36.8 Å². The summed E-state index contributed by atoms with van der Waals surface area (Å²) in [7, 11) is 0. The van der Waals surface area contributed by atoms with Crippen molar-refractivity contribution in [2.75, 3.05) is 32.7 Å². The summed E-state index contributed by atoms with van der Waals surface area (Å²) in [6.45, 7) is 11.4. The van der Waals surface area contributed by atoms with Gasteiger partial charge in [0.05, 0.1) is 6.04 Å². The molecule has 2 N–H and O–H groups in total. The normalized spacial score (nSPS) is 17.6. The number of carbonyl (C=O) groups is 1. The first-order chi connectivity index (χ1) is 8.08. The van der Waals surface area contributed by atoms with Crippen LogP contribution >= 0.6 is 24.8 Å². The van der Waals surface area contributed by atoms with Crippen LogP contribution in [0.3, 0.4) is 0 Å². The maximum Gasteiger partial charge on any atom is 0.239 e. The lowest BCUT2D eigenvalue weighted by Crippen LogP contribution is -2.47. The first-order valence-corrected chi connectivity index (χ1v) is 6.85. The number of likely N-dealkylation sites (tertiary alicyclic amines) is 1. The summed E-state index contributed by atoms with van der Waals surface area (Å²) >= 11 is 0. The number of hydrogen-bond donors (Lipinski definition) is 1. The van der Waals surface area contributed by atoms with Crippen LogP contribution in [0.1, 0.15) is 33.6 Å². The molecule has 0 saturated carbocycles. The van der Waals surface area contributed by atoms with E-state index in [1.165, 1.54) is 6.54 Å². The van der Waals surface area contributed by atoms with E-state index in [0.717, 1.165) is 44.9 Å². The average Bonchev–Trinajstić information content (AvgIpc) is 2.35. The van der Waals surface area contributed by atoms with Gasteiger partial charge in [0.1, 0.15) is 0 Å². The van der Waals surface area contributed by atoms with E-state index in [4.69, 9.17) is 5.73 Å². The Kier molecular flexibility index (Phi) is 12.0. The second-order valence-electron chi connectivity index (χ2n) is 5.04. The maximum absolute atomic E-state index is 11.7. The van der Waals surface area contributed by atoms with Gasteiger partial charge < -0.3 is 15.5 Å². The van der Waals surface area contributed by atoms with Gasteiger partial charge in [-0.05, 0) is 38.8 Å². The number of nitrogens with zero attached hydrogens (tertiary/aromatic N) is 2. The highest BCUT2D eigenvalue weighted by Gasteiger charge is 2.25. The zero-order valence-corrected chi connectivity index (χ0v) is 13.9. The van der Waals surface area contributed by atoms with Crippen molar-refractivity contribution < 1.29 is 4.79 Å². The number of halogens is 2. The third-order valence-corrected chi connectivity index (χ3v) is 3.73. The monoisotopic (exact) mass is 313 g/mol. The van der Waals surface area contributed by atoms with E-state index in [0.29, 0.717) is 0 Å². The molecule has 0 aromatic rings. The third-order valence-electron chi connectivity index (χ3n) is 3.73. The van der Waals surface area contributed by atoms with Crippen molar-refractivity contribution in [2.45, 2.75) is 39.7 Å². The van der Waals surface area contributed by atoms with Crippen LogP contribution in [0.25, 0.3) is 0 Å². The molecular weight excluding hydrogens is 285 g/mol. The minimum absolute atomic E-state index is 0. The van der Waals surface area contributed by atoms with Crippen molar-refractivity contribution in [3.05, 3.63) is 0 Å². The third kappa shape index (κ3) is 6.80. The lowest BCUT2D eigenvalue weighted by Gasteiger charge is -2.35. The van der Waals surface area contributed by atoms with Gasteiger partial charge in [-0.25, -0.2) is 0 Å². The molecule has 1 aliphatic rings. The predicted molar refractivity (Wildman–Crippen MR) is 85.2 cm³/mol. The Labute approximate surface area is 129 Å². The van der Waals surface area contributed by atoms with Gasteiger partial charge in [-0.3, -0.25) is 4.79 Å². The minimum Gasteiger partial charge on any atom is -0.341 e. The smallest absolute Gasteiger partial charge is 0.239 e. The van der Waals surface area contributed by atoms with Crippen molar-refractivity contribution >= 4 is 30.7 Å². The zero-order chi connectivity index (χ0) is 12.8. The average molecular weight is 314 g/mol. The fraction of sp³-hybridized carbons (Fsp3) is 0.923. The largest absolute Gasteiger partial charge is 0.341 e. The van der Waals surface area contributed by atoms with Gasteiger partial charge in [0.15, 0.2) is 0 Å². The van der Waals surface area contributed by atoms with Crippen LogP contribution in [0.2, 0.25) is 0 Å². The molecule has 1 atom stereocenters. The van der Waals surface area contributed by atoms with Crippen molar-refractivity contribution in [1.29, 1.82) is 0 Å². The van der Waals surface area contributed by atoms with Crippen LogP contribution in [0.4, 0.5) is 0 Å². The number of carbonyl (C=O) groups excluding carboxylic acids is 1. The molecule has 0 aliphatic carbocycles. The minimum atomic E-state index is -0.352. The molecule has 0 unspecified atom stereocenters. The fourth-order valence-corrected chi connectivity index (χ4v) is 2.47. The molecule has 0 radical (unpaired) electrons. The lowest BCUT2D eigenvalue weighted by atomic mass is 9.95. The summed E-state index contributed by atoms with van der Waals surface area (Å²) in [5, 5.41) is 0. The van der Waals surface area contributed by atoms with Crippen LogP contribution in [0.15, 0.2) is 0 Å². The van der Waals surface area contributed by atoms with E-state index in [1.54, 1.807) is 6.92 Å². The van der Waals surface area contributed by atoms with Crippen LogP contribution in [0.5, 0.6) is 0 Å². The van der Waals surface area contributed by atoms with Crippen LogP contribution in [-0.2, 0) is 4.79 Å². The number of amides is 1. The highest BCUT2D eigenvalue weighted by Crippen LogP contribution is 2.18. The summed E-state index contributed by atoms with van der Waals surface area (Å²) in [5.41, 5.74) is 5.63. The first-order valence-electron chi connectivity index (χ1n) is 6.85. The Hall–Kier alpha value is -0.0300. The lowest BCUT2D eigenvalue weighted by molar-refractivity contribution is -0.133. The molecule has 1 aliphatic heterocycles. The van der Waals surface area contributed by atoms with Gasteiger partial charge in [0.25, 0.3) is 0 Å². The first kappa shape index (κ1) is 21.3. The Morgan fingerprint density at radius 2 is 1.74 bits per heavy atom. The maximum atomic E-state index is 11.7. The molecule has 116 valence electrons. The highest BCUT2D eigenvalue weighted by molar-refractivity contribution is 5.85. The predicted octanol–water partition coefficient (Wildman–Crippen LogP) is 1.76. The number of hydrogen-bond acceptors (Lipinski definition) is 3. The number of nitrogens with two attached hydrogens (primary N) is 1. The molecule has 1 rings (SSSR count). The summed E-state index contributed by atoms with van der Waals surface area (Å²) < 4.78 is 0. The van der Waals surface area contributed by atoms with Crippen LogP contribution in [0, 0.1) is 5.92 Å². The van der Waals surface area contributed by atoms with Gasteiger partial charge in [-0.2, -0.15) is 0 Å². The zero-order valence-electron chi connectivity index (χ0n) is 12.3. The second kappa shape index (κ2) is 10.7. The molecule has 19 heavy (non-hydrogen) atoms. The standard InChI is InChI=1S/C13H27N3O.2ClH/c1-4-15(5-2)10-12-6-8-16(9-7-12)13(17)11(3)14;;/h11-12H,4-10,14H2,1-3H3;2*1H/t11-;;/m1../s1. The number of piperidine rings is 1. The molecule has 0 aromatic heterocycles. The molecule has 1 heterocycles. The second-order valence-corrected chi connectivity index (χ2v) is 5.04. The SMILES string of the molecule is CCN(CC)CC1CCN(C(=O)[C@@H](C)N)CC1.Cl.Cl. The molecule has 0 aromatic carbocycles. The molecule has 1 amide bonds. The molecule has 1 fully saturated rings. The van der Waals surface area contributed by atoms with Crippen molar-refractivity contribution in [1.82, 2.24) is 9.80 Å². The van der Waals surface area contributed by atoms with E-state index in [1.807, 2.05) is 4.90 Å². The van der Waals surface area contributed by atoms with Crippen molar-refractivity contribution in [3.63, 3.8) is 0 Å². The highest BCUT2D eigenvalue weighted by atomic mass is 35.5. The van der Waals surface area contributed by atoms with E-state index in [9.17, 15) is 4.79 Å². The molecule has 0 spiro atoms. The van der Waals surface area contributed by atoms with Crippen molar-refractivity contribution in [2.24, 2.45) is 11.7 Å². The summed E-state index contributed by atoms with van der Waals surface area (Å²) in [6.07, 6.45) is 2.24. The Bertz CT molecular complexity index is 240. The quantitative estimate of drug-likeness (QED) is 0.841. The Balaban J connectivity index is 0. The fourth-order valence-electron chi connectivity index (χ4n) is 2.47. The molecule has 0 bridgehead atoms. The Morgan fingerprint density at radius 3 is 2.11 bits per heavy atom. The van der Waals surface area contributed by atoms with Gasteiger partial charge >= 0.3 is 0 Å². The molecule has 1 saturated heterocycles. The molecule has 4 nitrogen and oxygen atoms in total. The number of rotatable bonds is 5. The van der Waals surface area contributed by atoms with Gasteiger partial charge in [-0.15, -0.1) is 24.8 Å². The summed E-state index contributed by atoms with van der Waals surface area (Å²) in [6, 6.07) is -0.352. The Morgan fingerprint density at radius 1 is 1.26 bits per heavy atom. The summed E-state index contributed by atoms with van der Waals surface area (Å²) in [5.74, 6) is 0.846. The molecular formula is C13H29Cl2N3O. The van der Waals surface area contributed by atoms with E-state index >= 15 is 0 Å².